The summed E-state index contributed by atoms with van der Waals surface area (Å²) in [5.74, 6) is 0.403. The summed E-state index contributed by atoms with van der Waals surface area (Å²) >= 11 is 0. The van der Waals surface area contributed by atoms with E-state index in [0.717, 1.165) is 36.4 Å². The number of piperidine rings is 1. The number of hydrogen-bond acceptors (Lipinski definition) is 4. The van der Waals surface area contributed by atoms with E-state index in [2.05, 4.69) is 32.9 Å². The zero-order valence-electron chi connectivity index (χ0n) is 18.6. The van der Waals surface area contributed by atoms with Gasteiger partial charge in [0, 0.05) is 38.2 Å². The van der Waals surface area contributed by atoms with E-state index in [-0.39, 0.29) is 29.6 Å². The molecule has 6 heteroatoms. The number of carbonyl (C=O) groups is 2. The van der Waals surface area contributed by atoms with E-state index in [0.29, 0.717) is 25.9 Å². The van der Waals surface area contributed by atoms with Gasteiger partial charge in [0.05, 0.1) is 7.11 Å². The molecule has 2 aliphatic rings. The molecule has 164 valence electrons. The molecule has 1 saturated heterocycles. The lowest BCUT2D eigenvalue weighted by atomic mass is 9.78. The number of aliphatic imine (C=N–C) groups is 1. The molecule has 0 spiro atoms. The van der Waals surface area contributed by atoms with E-state index < -0.39 is 5.97 Å². The van der Waals surface area contributed by atoms with Gasteiger partial charge in [0.25, 0.3) is 0 Å². The van der Waals surface area contributed by atoms with Crippen LogP contribution in [0.4, 0.5) is 0 Å². The van der Waals surface area contributed by atoms with E-state index in [9.17, 15) is 14.7 Å². The Labute approximate surface area is 179 Å². The number of carboxylic acid groups (broad SMARTS) is 1. The van der Waals surface area contributed by atoms with E-state index in [1.54, 1.807) is 7.11 Å². The molecule has 1 N–H and O–H groups in total. The van der Waals surface area contributed by atoms with Crippen LogP contribution in [0.25, 0.3) is 0 Å². The minimum absolute atomic E-state index is 0.0596. The Kier molecular flexibility index (Phi) is 6.84. The Hall–Kier alpha value is -2.37. The molecule has 2 heterocycles. The molecule has 1 aromatic rings. The zero-order chi connectivity index (χ0) is 21.9. The highest BCUT2D eigenvalue weighted by atomic mass is 16.5. The third kappa shape index (κ3) is 5.61. The molecule has 6 nitrogen and oxygen atoms in total. The number of likely N-dealkylation sites (tertiary alicyclic amines) is 1. The molecule has 2 aliphatic heterocycles. The summed E-state index contributed by atoms with van der Waals surface area (Å²) in [6, 6.07) is 6.08. The minimum atomic E-state index is -0.768. The van der Waals surface area contributed by atoms with Gasteiger partial charge in [-0.05, 0) is 65.8 Å². The molecule has 0 aliphatic carbocycles. The number of hydrogen-bond donors (Lipinski definition) is 1. The molecule has 3 rings (SSSR count). The molecular weight excluding hydrogens is 380 g/mol. The standard InChI is InChI=1S/C24H34N2O4/c1-24(2,3)14-22(27)26-10-8-16(13-23(28)29)18(15-26)12-21-20-6-5-19(30-4)11-17(20)7-9-25-21/h5-6,11,16,18H,7-10,12-15H2,1-4H3,(H,28,29). The van der Waals surface area contributed by atoms with Gasteiger partial charge in [0.15, 0.2) is 0 Å². The average molecular weight is 415 g/mol. The van der Waals surface area contributed by atoms with Crippen LogP contribution in [0, 0.1) is 17.3 Å². The van der Waals surface area contributed by atoms with Gasteiger partial charge >= 0.3 is 5.97 Å². The minimum Gasteiger partial charge on any atom is -0.497 e. The molecule has 0 radical (unpaired) electrons. The highest BCUT2D eigenvalue weighted by Gasteiger charge is 2.35. The van der Waals surface area contributed by atoms with E-state index >= 15 is 0 Å². The number of nitrogens with zero attached hydrogens (tertiary/aromatic N) is 2. The highest BCUT2D eigenvalue weighted by molar-refractivity contribution is 6.03. The second kappa shape index (κ2) is 9.19. The number of methoxy groups -OCH3 is 1. The van der Waals surface area contributed by atoms with Crippen LogP contribution in [0.15, 0.2) is 23.2 Å². The fourth-order valence-corrected chi connectivity index (χ4v) is 4.60. The number of ether oxygens (including phenoxy) is 1. The quantitative estimate of drug-likeness (QED) is 0.768. The first-order valence-electron chi connectivity index (χ1n) is 10.9. The fraction of sp³-hybridized carbons (Fsp3) is 0.625. The number of carbonyl (C=O) groups excluding carboxylic acids is 1. The molecule has 2 unspecified atom stereocenters. The summed E-state index contributed by atoms with van der Waals surface area (Å²) in [5.41, 5.74) is 3.33. The van der Waals surface area contributed by atoms with Gasteiger partial charge in [-0.3, -0.25) is 14.6 Å². The van der Waals surface area contributed by atoms with Crippen LogP contribution in [0.3, 0.4) is 0 Å². The lowest BCUT2D eigenvalue weighted by molar-refractivity contribution is -0.140. The number of aliphatic carboxylic acids is 1. The summed E-state index contributed by atoms with van der Waals surface area (Å²) in [6.45, 7) is 8.20. The molecule has 1 aromatic carbocycles. The van der Waals surface area contributed by atoms with Gasteiger partial charge in [-0.2, -0.15) is 0 Å². The molecule has 1 fully saturated rings. The van der Waals surface area contributed by atoms with Crippen LogP contribution in [0.2, 0.25) is 0 Å². The number of carboxylic acids is 1. The van der Waals surface area contributed by atoms with Crippen LogP contribution in [-0.2, 0) is 16.0 Å². The third-order valence-electron chi connectivity index (χ3n) is 6.13. The first kappa shape index (κ1) is 22.3. The molecule has 1 amide bonds. The van der Waals surface area contributed by atoms with Crippen molar-refractivity contribution in [3.63, 3.8) is 0 Å². The summed E-state index contributed by atoms with van der Waals surface area (Å²) in [4.78, 5) is 31.0. The SMILES string of the molecule is COc1ccc2c(c1)CCN=C2CC1CN(C(=O)CC(C)(C)C)CCC1CC(=O)O. The Morgan fingerprint density at radius 3 is 2.70 bits per heavy atom. The molecule has 30 heavy (non-hydrogen) atoms. The normalized spacial score (nSPS) is 21.6. The van der Waals surface area contributed by atoms with Gasteiger partial charge in [-0.15, -0.1) is 0 Å². The second-order valence-corrected chi connectivity index (χ2v) is 9.79. The van der Waals surface area contributed by atoms with Crippen molar-refractivity contribution in [2.45, 2.75) is 52.9 Å². The second-order valence-electron chi connectivity index (χ2n) is 9.79. The predicted octanol–water partition coefficient (Wildman–Crippen LogP) is 3.81. The zero-order valence-corrected chi connectivity index (χ0v) is 18.6. The monoisotopic (exact) mass is 414 g/mol. The average Bonchev–Trinajstić information content (AvgIpc) is 2.67. The van der Waals surface area contributed by atoms with E-state index in [4.69, 9.17) is 9.73 Å². The summed E-state index contributed by atoms with van der Waals surface area (Å²) in [7, 11) is 1.67. The maximum Gasteiger partial charge on any atom is 0.303 e. The van der Waals surface area contributed by atoms with Crippen molar-refractivity contribution in [3.8, 4) is 5.75 Å². The predicted molar refractivity (Wildman–Crippen MR) is 117 cm³/mol. The molecule has 0 aromatic heterocycles. The van der Waals surface area contributed by atoms with Gasteiger partial charge in [-0.1, -0.05) is 20.8 Å². The lowest BCUT2D eigenvalue weighted by Crippen LogP contribution is -2.46. The van der Waals surface area contributed by atoms with Crippen molar-refractivity contribution in [2.75, 3.05) is 26.7 Å². The Bertz CT molecular complexity index is 825. The molecular formula is C24H34N2O4. The molecule has 2 atom stereocenters. The van der Waals surface area contributed by atoms with Crippen LogP contribution < -0.4 is 4.74 Å². The Balaban J connectivity index is 1.78. The van der Waals surface area contributed by atoms with Crippen LogP contribution in [0.5, 0.6) is 5.75 Å². The fourth-order valence-electron chi connectivity index (χ4n) is 4.60. The van der Waals surface area contributed by atoms with E-state index in [1.807, 2.05) is 11.0 Å². The van der Waals surface area contributed by atoms with Gasteiger partial charge in [-0.25, -0.2) is 0 Å². The molecule has 0 bridgehead atoms. The van der Waals surface area contributed by atoms with Crippen LogP contribution in [-0.4, -0.2) is 54.3 Å². The summed E-state index contributed by atoms with van der Waals surface area (Å²) in [5, 5.41) is 9.41. The summed E-state index contributed by atoms with van der Waals surface area (Å²) < 4.78 is 5.36. The smallest absolute Gasteiger partial charge is 0.303 e. The van der Waals surface area contributed by atoms with Crippen molar-refractivity contribution >= 4 is 17.6 Å². The Morgan fingerprint density at radius 2 is 2.03 bits per heavy atom. The van der Waals surface area contributed by atoms with Gasteiger partial charge < -0.3 is 14.7 Å². The summed E-state index contributed by atoms with van der Waals surface area (Å²) in [6.07, 6.45) is 2.98. The van der Waals surface area contributed by atoms with Crippen molar-refractivity contribution in [2.24, 2.45) is 22.2 Å². The van der Waals surface area contributed by atoms with Gasteiger partial charge in [0.1, 0.15) is 5.75 Å². The lowest BCUT2D eigenvalue weighted by Gasteiger charge is -2.39. The van der Waals surface area contributed by atoms with Crippen LogP contribution >= 0.6 is 0 Å². The number of amides is 1. The molecule has 0 saturated carbocycles. The van der Waals surface area contributed by atoms with Gasteiger partial charge in [0.2, 0.25) is 5.91 Å². The van der Waals surface area contributed by atoms with Crippen molar-refractivity contribution in [3.05, 3.63) is 29.3 Å². The number of fused-ring (bicyclic) bond motifs is 1. The van der Waals surface area contributed by atoms with Crippen LogP contribution in [0.1, 0.15) is 57.6 Å². The Morgan fingerprint density at radius 1 is 1.27 bits per heavy atom. The van der Waals surface area contributed by atoms with Crippen molar-refractivity contribution < 1.29 is 19.4 Å². The first-order chi connectivity index (χ1) is 14.2. The van der Waals surface area contributed by atoms with Crippen molar-refractivity contribution in [1.82, 2.24) is 4.90 Å². The number of rotatable bonds is 6. The highest BCUT2D eigenvalue weighted by Crippen LogP contribution is 2.33. The maximum absolute atomic E-state index is 12.8. The van der Waals surface area contributed by atoms with Crippen molar-refractivity contribution in [1.29, 1.82) is 0 Å². The number of benzene rings is 1. The van der Waals surface area contributed by atoms with E-state index in [1.165, 1.54) is 5.56 Å². The topological polar surface area (TPSA) is 79.2 Å². The first-order valence-corrected chi connectivity index (χ1v) is 10.9. The third-order valence-corrected chi connectivity index (χ3v) is 6.13. The maximum atomic E-state index is 12.8. The largest absolute Gasteiger partial charge is 0.497 e.